The van der Waals surface area contributed by atoms with Crippen LogP contribution in [0.4, 0.5) is 10.8 Å². The predicted octanol–water partition coefficient (Wildman–Crippen LogP) is 5.72. The summed E-state index contributed by atoms with van der Waals surface area (Å²) in [7, 11) is 3.09. The molecule has 0 spiro atoms. The molecule has 0 aliphatic carbocycles. The molecule has 0 saturated heterocycles. The molecule has 0 radical (unpaired) electrons. The molecule has 0 atom stereocenters. The molecule has 0 bridgehead atoms. The predicted molar refractivity (Wildman–Crippen MR) is 128 cm³/mol. The Labute approximate surface area is 198 Å². The van der Waals surface area contributed by atoms with Crippen molar-refractivity contribution >= 4 is 49.9 Å². The normalized spacial score (nSPS) is 10.8. The van der Waals surface area contributed by atoms with Crippen LogP contribution in [0.5, 0.6) is 11.5 Å². The maximum atomic E-state index is 13.7. The molecular formula is C23H18ClN3O5S. The van der Waals surface area contributed by atoms with E-state index in [2.05, 4.69) is 4.98 Å². The van der Waals surface area contributed by atoms with Gasteiger partial charge in [-0.15, -0.1) is 0 Å². The first-order valence-corrected chi connectivity index (χ1v) is 10.9. The smallest absolute Gasteiger partial charge is 0.270 e. The van der Waals surface area contributed by atoms with Crippen molar-refractivity contribution in [2.75, 3.05) is 19.1 Å². The van der Waals surface area contributed by atoms with Crippen molar-refractivity contribution in [1.29, 1.82) is 0 Å². The molecule has 0 N–H and O–H groups in total. The molecule has 1 amide bonds. The molecule has 3 aromatic carbocycles. The zero-order valence-electron chi connectivity index (χ0n) is 17.6. The Balaban J connectivity index is 1.87. The van der Waals surface area contributed by atoms with Crippen LogP contribution < -0.4 is 14.4 Å². The minimum atomic E-state index is -0.567. The highest BCUT2D eigenvalue weighted by Gasteiger charge is 2.27. The number of benzene rings is 3. The second-order valence-corrected chi connectivity index (χ2v) is 8.33. The van der Waals surface area contributed by atoms with Crippen molar-refractivity contribution in [2.24, 2.45) is 0 Å². The summed E-state index contributed by atoms with van der Waals surface area (Å²) >= 11 is 7.53. The fourth-order valence-electron chi connectivity index (χ4n) is 3.32. The van der Waals surface area contributed by atoms with Crippen LogP contribution in [-0.4, -0.2) is 30.0 Å². The number of aromatic nitrogens is 1. The summed E-state index contributed by atoms with van der Waals surface area (Å²) in [4.78, 5) is 30.5. The van der Waals surface area contributed by atoms with E-state index in [1.54, 1.807) is 19.2 Å². The van der Waals surface area contributed by atoms with E-state index in [0.717, 1.165) is 5.56 Å². The van der Waals surface area contributed by atoms with Crippen LogP contribution in [0.25, 0.3) is 10.2 Å². The maximum Gasteiger partial charge on any atom is 0.270 e. The van der Waals surface area contributed by atoms with E-state index in [1.807, 2.05) is 30.3 Å². The van der Waals surface area contributed by atoms with Crippen LogP contribution in [0.3, 0.4) is 0 Å². The van der Waals surface area contributed by atoms with E-state index in [9.17, 15) is 14.9 Å². The minimum Gasteiger partial charge on any atom is -0.495 e. The van der Waals surface area contributed by atoms with Gasteiger partial charge in [0.2, 0.25) is 0 Å². The van der Waals surface area contributed by atoms with Gasteiger partial charge in [0.15, 0.2) is 5.13 Å². The number of carbonyl (C=O) groups is 1. The number of halogens is 1. The Hall–Kier alpha value is -3.69. The summed E-state index contributed by atoms with van der Waals surface area (Å²) < 4.78 is 11.6. The second-order valence-electron chi connectivity index (χ2n) is 6.94. The van der Waals surface area contributed by atoms with Gasteiger partial charge in [0, 0.05) is 12.1 Å². The van der Waals surface area contributed by atoms with Gasteiger partial charge in [-0.05, 0) is 23.8 Å². The van der Waals surface area contributed by atoms with Crippen molar-refractivity contribution in [3.63, 3.8) is 0 Å². The van der Waals surface area contributed by atoms with Crippen LogP contribution >= 0.6 is 22.9 Å². The number of fused-ring (bicyclic) bond motifs is 1. The number of rotatable bonds is 7. The number of non-ortho nitro benzene ring substituents is 1. The summed E-state index contributed by atoms with van der Waals surface area (Å²) in [6.45, 7) is 0.184. The fourth-order valence-corrected chi connectivity index (χ4v) is 4.59. The molecule has 0 unspecified atom stereocenters. The average Bonchev–Trinajstić information content (AvgIpc) is 3.27. The Morgan fingerprint density at radius 3 is 2.45 bits per heavy atom. The van der Waals surface area contributed by atoms with Gasteiger partial charge in [-0.25, -0.2) is 4.98 Å². The van der Waals surface area contributed by atoms with Gasteiger partial charge in [-0.3, -0.25) is 19.8 Å². The molecule has 0 aliphatic rings. The highest BCUT2D eigenvalue weighted by Crippen LogP contribution is 2.41. The van der Waals surface area contributed by atoms with Crippen molar-refractivity contribution in [1.82, 2.24) is 4.98 Å². The first kappa shape index (κ1) is 22.5. The van der Waals surface area contributed by atoms with E-state index in [4.69, 9.17) is 21.1 Å². The van der Waals surface area contributed by atoms with Gasteiger partial charge in [0.25, 0.3) is 11.6 Å². The van der Waals surface area contributed by atoms with E-state index >= 15 is 0 Å². The number of thiazole rings is 1. The lowest BCUT2D eigenvalue weighted by atomic mass is 10.1. The summed E-state index contributed by atoms with van der Waals surface area (Å²) in [5, 5.41) is 11.8. The van der Waals surface area contributed by atoms with E-state index in [0.29, 0.717) is 26.8 Å². The molecule has 0 fully saturated rings. The Bertz CT molecular complexity index is 1300. The summed E-state index contributed by atoms with van der Waals surface area (Å²) in [6.07, 6.45) is 0. The second kappa shape index (κ2) is 9.43. The van der Waals surface area contributed by atoms with Gasteiger partial charge >= 0.3 is 0 Å². The fraction of sp³-hybridized carbons (Fsp3) is 0.130. The SMILES string of the molecule is COc1ccc(OC)c2sc(N(Cc3ccccc3)C(=O)c3cc([N+](=O)[O-])ccc3Cl)nc12. The number of anilines is 1. The number of nitro benzene ring substituents is 1. The largest absolute Gasteiger partial charge is 0.495 e. The summed E-state index contributed by atoms with van der Waals surface area (Å²) in [5.41, 5.74) is 1.19. The average molecular weight is 484 g/mol. The van der Waals surface area contributed by atoms with Crippen molar-refractivity contribution < 1.29 is 19.2 Å². The third kappa shape index (κ3) is 4.46. The topological polar surface area (TPSA) is 94.8 Å². The summed E-state index contributed by atoms with van der Waals surface area (Å²) in [5.74, 6) is 0.619. The molecule has 0 saturated carbocycles. The van der Waals surface area contributed by atoms with Gasteiger partial charge in [0.05, 0.1) is 36.3 Å². The van der Waals surface area contributed by atoms with Crippen LogP contribution in [-0.2, 0) is 6.54 Å². The van der Waals surface area contributed by atoms with Gasteiger partial charge in [-0.1, -0.05) is 53.3 Å². The maximum absolute atomic E-state index is 13.7. The van der Waals surface area contributed by atoms with Crippen LogP contribution in [0.15, 0.2) is 60.7 Å². The lowest BCUT2D eigenvalue weighted by Crippen LogP contribution is -2.30. The van der Waals surface area contributed by atoms with Crippen LogP contribution in [0, 0.1) is 10.1 Å². The zero-order chi connectivity index (χ0) is 23.5. The van der Waals surface area contributed by atoms with Gasteiger partial charge < -0.3 is 9.47 Å². The lowest BCUT2D eigenvalue weighted by molar-refractivity contribution is -0.384. The van der Waals surface area contributed by atoms with E-state index in [-0.39, 0.29) is 22.8 Å². The number of hydrogen-bond acceptors (Lipinski definition) is 7. The van der Waals surface area contributed by atoms with E-state index in [1.165, 1.54) is 41.5 Å². The molecule has 0 aliphatic heterocycles. The molecule has 4 aromatic rings. The number of ether oxygens (including phenoxy) is 2. The number of nitro groups is 1. The van der Waals surface area contributed by atoms with Crippen LogP contribution in [0.1, 0.15) is 15.9 Å². The molecular weight excluding hydrogens is 466 g/mol. The lowest BCUT2D eigenvalue weighted by Gasteiger charge is -2.20. The Morgan fingerprint density at radius 2 is 1.79 bits per heavy atom. The third-order valence-corrected chi connectivity index (χ3v) is 6.37. The molecule has 8 nitrogen and oxygen atoms in total. The number of carbonyl (C=O) groups excluding carboxylic acids is 1. The van der Waals surface area contributed by atoms with E-state index < -0.39 is 10.8 Å². The highest BCUT2D eigenvalue weighted by atomic mass is 35.5. The number of nitrogens with zero attached hydrogens (tertiary/aromatic N) is 3. The molecule has 33 heavy (non-hydrogen) atoms. The molecule has 1 heterocycles. The van der Waals surface area contributed by atoms with Crippen molar-refractivity contribution in [3.05, 3.63) is 86.9 Å². The minimum absolute atomic E-state index is 0.0139. The standard InChI is InChI=1S/C23H18ClN3O5S/c1-31-18-10-11-19(32-2)21-20(18)25-23(33-21)26(13-14-6-4-3-5-7-14)22(28)16-12-15(27(29)30)8-9-17(16)24/h3-12H,13H2,1-2H3. The third-order valence-electron chi connectivity index (χ3n) is 4.95. The van der Waals surface area contributed by atoms with Crippen molar-refractivity contribution in [2.45, 2.75) is 6.54 Å². The van der Waals surface area contributed by atoms with Gasteiger partial charge in [0.1, 0.15) is 21.7 Å². The first-order valence-electron chi connectivity index (χ1n) is 9.74. The molecule has 168 valence electrons. The molecule has 4 rings (SSSR count). The molecule has 10 heteroatoms. The quantitative estimate of drug-likeness (QED) is 0.246. The number of amides is 1. The number of hydrogen-bond donors (Lipinski definition) is 0. The summed E-state index contributed by atoms with van der Waals surface area (Å²) in [6, 6.07) is 16.7. The monoisotopic (exact) mass is 483 g/mol. The zero-order valence-corrected chi connectivity index (χ0v) is 19.2. The van der Waals surface area contributed by atoms with Gasteiger partial charge in [-0.2, -0.15) is 0 Å². The van der Waals surface area contributed by atoms with Crippen molar-refractivity contribution in [3.8, 4) is 11.5 Å². The number of methoxy groups -OCH3 is 2. The molecule has 1 aromatic heterocycles. The van der Waals surface area contributed by atoms with Crippen LogP contribution in [0.2, 0.25) is 5.02 Å². The Morgan fingerprint density at radius 1 is 1.09 bits per heavy atom. The Kier molecular flexibility index (Phi) is 6.43. The first-order chi connectivity index (χ1) is 15.9. The highest BCUT2D eigenvalue weighted by molar-refractivity contribution is 7.22.